The molecule has 4 N–H and O–H groups in total. The number of hydrogen-bond donors (Lipinski definition) is 3. The zero-order chi connectivity index (χ0) is 10.1. The first kappa shape index (κ1) is 10.4. The van der Waals surface area contributed by atoms with Gasteiger partial charge in [-0.3, -0.25) is 4.90 Å². The number of likely N-dealkylation sites (tertiary alicyclic amines) is 1. The molecule has 2 aliphatic heterocycles. The van der Waals surface area contributed by atoms with Crippen LogP contribution < -0.4 is 11.1 Å². The van der Waals surface area contributed by atoms with Gasteiger partial charge in [0.2, 0.25) is 0 Å². The van der Waals surface area contributed by atoms with Crippen molar-refractivity contribution in [2.75, 3.05) is 19.6 Å². The first-order valence-electron chi connectivity index (χ1n) is 5.58. The smallest absolute Gasteiger partial charge is 0.0831 e. The zero-order valence-corrected chi connectivity index (χ0v) is 8.82. The number of nitrogens with zero attached hydrogens (tertiary/aromatic N) is 1. The summed E-state index contributed by atoms with van der Waals surface area (Å²) in [6, 6.07) is 1.17. The van der Waals surface area contributed by atoms with E-state index in [4.69, 9.17) is 5.73 Å². The molecule has 14 heavy (non-hydrogen) atoms. The van der Waals surface area contributed by atoms with Crippen LogP contribution in [0.3, 0.4) is 0 Å². The first-order chi connectivity index (χ1) is 6.68. The van der Waals surface area contributed by atoms with E-state index >= 15 is 0 Å². The van der Waals surface area contributed by atoms with Crippen LogP contribution in [-0.4, -0.2) is 53.9 Å². The Bertz CT molecular complexity index is 200. The Hall–Kier alpha value is -0.160. The van der Waals surface area contributed by atoms with E-state index in [2.05, 4.69) is 17.1 Å². The van der Waals surface area contributed by atoms with E-state index in [9.17, 15) is 5.11 Å². The lowest BCUT2D eigenvalue weighted by Gasteiger charge is -2.41. The van der Waals surface area contributed by atoms with Crippen molar-refractivity contribution in [3.05, 3.63) is 0 Å². The fourth-order valence-corrected chi connectivity index (χ4v) is 2.71. The lowest BCUT2D eigenvalue weighted by molar-refractivity contribution is 0.0361. The molecule has 0 aromatic rings. The highest BCUT2D eigenvalue weighted by Crippen LogP contribution is 2.21. The normalized spacial score (nSPS) is 45.6. The topological polar surface area (TPSA) is 61.5 Å². The van der Waals surface area contributed by atoms with Gasteiger partial charge in [-0.1, -0.05) is 0 Å². The van der Waals surface area contributed by atoms with Crippen LogP contribution in [0.5, 0.6) is 0 Å². The third-order valence-corrected chi connectivity index (χ3v) is 3.55. The van der Waals surface area contributed by atoms with Crippen LogP contribution in [-0.2, 0) is 0 Å². The summed E-state index contributed by atoms with van der Waals surface area (Å²) in [5.74, 6) is 0. The minimum Gasteiger partial charge on any atom is -0.390 e. The number of hydrogen-bond acceptors (Lipinski definition) is 4. The van der Waals surface area contributed by atoms with Gasteiger partial charge in [-0.15, -0.1) is 0 Å². The molecule has 4 atom stereocenters. The standard InChI is InChI=1S/C10H21N3O/c1-7-4-8(11)2-3-13(7)9-5-12-6-10(9)14/h7-10,12,14H,2-6,11H2,1H3/t7?,8?,9-,10-/m1/s1. The Balaban J connectivity index is 1.96. The molecule has 0 spiro atoms. The van der Waals surface area contributed by atoms with Crippen LogP contribution in [0.25, 0.3) is 0 Å². The number of β-amino-alcohol motifs (C(OH)–C–C–N with tert-alkyl or cyclic N) is 1. The molecule has 82 valence electrons. The highest BCUT2D eigenvalue weighted by molar-refractivity contribution is 4.93. The minimum absolute atomic E-state index is 0.202. The van der Waals surface area contributed by atoms with E-state index in [1.54, 1.807) is 0 Å². The zero-order valence-electron chi connectivity index (χ0n) is 8.82. The lowest BCUT2D eigenvalue weighted by atomic mass is 9.96. The van der Waals surface area contributed by atoms with Gasteiger partial charge < -0.3 is 16.2 Å². The van der Waals surface area contributed by atoms with Crippen molar-refractivity contribution in [3.63, 3.8) is 0 Å². The Morgan fingerprint density at radius 3 is 2.79 bits per heavy atom. The monoisotopic (exact) mass is 199 g/mol. The number of aliphatic hydroxyl groups is 1. The molecule has 2 heterocycles. The molecule has 0 aromatic carbocycles. The number of nitrogens with one attached hydrogen (secondary N) is 1. The van der Waals surface area contributed by atoms with Crippen LogP contribution in [0.4, 0.5) is 0 Å². The molecule has 2 unspecified atom stereocenters. The van der Waals surface area contributed by atoms with Gasteiger partial charge in [0.25, 0.3) is 0 Å². The number of nitrogens with two attached hydrogens (primary N) is 1. The van der Waals surface area contributed by atoms with Gasteiger partial charge in [-0.25, -0.2) is 0 Å². The Kier molecular flexibility index (Phi) is 3.07. The summed E-state index contributed by atoms with van der Waals surface area (Å²) < 4.78 is 0. The van der Waals surface area contributed by atoms with Gasteiger partial charge in [0.15, 0.2) is 0 Å². The van der Waals surface area contributed by atoms with Crippen molar-refractivity contribution < 1.29 is 5.11 Å². The Morgan fingerprint density at radius 1 is 1.43 bits per heavy atom. The molecule has 0 aromatic heterocycles. The maximum Gasteiger partial charge on any atom is 0.0831 e. The SMILES string of the molecule is CC1CC(N)CCN1[C@@H]1CNC[C@H]1O. The molecule has 2 saturated heterocycles. The summed E-state index contributed by atoms with van der Waals surface area (Å²) in [7, 11) is 0. The Labute approximate surface area is 85.5 Å². The molecule has 4 nitrogen and oxygen atoms in total. The molecule has 2 fully saturated rings. The van der Waals surface area contributed by atoms with Gasteiger partial charge in [-0.2, -0.15) is 0 Å². The largest absolute Gasteiger partial charge is 0.390 e. The Morgan fingerprint density at radius 2 is 2.21 bits per heavy atom. The summed E-state index contributed by atoms with van der Waals surface area (Å²) in [6.07, 6.45) is 1.92. The van der Waals surface area contributed by atoms with E-state index in [0.717, 1.165) is 32.5 Å². The van der Waals surface area contributed by atoms with Gasteiger partial charge in [0.05, 0.1) is 6.10 Å². The third kappa shape index (κ3) is 1.93. The fraction of sp³-hybridized carbons (Fsp3) is 1.00. The molecule has 2 aliphatic rings. The van der Waals surface area contributed by atoms with E-state index in [0.29, 0.717) is 18.1 Å². The van der Waals surface area contributed by atoms with Gasteiger partial charge >= 0.3 is 0 Å². The molecule has 0 bridgehead atoms. The van der Waals surface area contributed by atoms with Crippen LogP contribution in [0.2, 0.25) is 0 Å². The second-order valence-corrected chi connectivity index (χ2v) is 4.66. The summed E-state index contributed by atoms with van der Waals surface area (Å²) in [5, 5.41) is 13.0. The highest BCUT2D eigenvalue weighted by Gasteiger charge is 2.35. The van der Waals surface area contributed by atoms with Crippen LogP contribution >= 0.6 is 0 Å². The average Bonchev–Trinajstić information content (AvgIpc) is 2.52. The predicted octanol–water partition coefficient (Wildman–Crippen LogP) is -0.869. The van der Waals surface area contributed by atoms with Crippen molar-refractivity contribution in [2.45, 2.75) is 44.0 Å². The fourth-order valence-electron chi connectivity index (χ4n) is 2.71. The predicted molar refractivity (Wildman–Crippen MR) is 56.0 cm³/mol. The summed E-state index contributed by atoms with van der Waals surface area (Å²) >= 11 is 0. The van der Waals surface area contributed by atoms with Gasteiger partial charge in [0.1, 0.15) is 0 Å². The van der Waals surface area contributed by atoms with E-state index in [1.165, 1.54) is 0 Å². The first-order valence-corrected chi connectivity index (χ1v) is 5.58. The van der Waals surface area contributed by atoms with Crippen LogP contribution in [0, 0.1) is 0 Å². The minimum atomic E-state index is -0.202. The molecule has 0 aliphatic carbocycles. The number of aliphatic hydroxyl groups excluding tert-OH is 1. The van der Waals surface area contributed by atoms with Crippen LogP contribution in [0.15, 0.2) is 0 Å². The molecule has 0 radical (unpaired) electrons. The third-order valence-electron chi connectivity index (χ3n) is 3.55. The van der Waals surface area contributed by atoms with Crippen LogP contribution in [0.1, 0.15) is 19.8 Å². The second-order valence-electron chi connectivity index (χ2n) is 4.66. The van der Waals surface area contributed by atoms with E-state index in [1.807, 2.05) is 0 Å². The lowest BCUT2D eigenvalue weighted by Crippen LogP contribution is -2.53. The summed E-state index contributed by atoms with van der Waals surface area (Å²) in [5.41, 5.74) is 5.92. The molecular weight excluding hydrogens is 178 g/mol. The van der Waals surface area contributed by atoms with Gasteiger partial charge in [0, 0.05) is 37.8 Å². The van der Waals surface area contributed by atoms with Gasteiger partial charge in [-0.05, 0) is 19.8 Å². The van der Waals surface area contributed by atoms with Crippen molar-refractivity contribution in [3.8, 4) is 0 Å². The average molecular weight is 199 g/mol. The van der Waals surface area contributed by atoms with Crippen molar-refractivity contribution in [1.29, 1.82) is 0 Å². The molecule has 0 saturated carbocycles. The number of piperidine rings is 1. The molecule has 0 amide bonds. The summed E-state index contributed by atoms with van der Waals surface area (Å²) in [6.45, 7) is 4.90. The molecule has 2 rings (SSSR count). The van der Waals surface area contributed by atoms with E-state index in [-0.39, 0.29) is 6.10 Å². The van der Waals surface area contributed by atoms with Crippen molar-refractivity contribution >= 4 is 0 Å². The quantitative estimate of drug-likeness (QED) is 0.514. The maximum atomic E-state index is 9.79. The molecular formula is C10H21N3O. The molecule has 4 heteroatoms. The van der Waals surface area contributed by atoms with E-state index < -0.39 is 0 Å². The van der Waals surface area contributed by atoms with Crippen molar-refractivity contribution in [2.24, 2.45) is 5.73 Å². The highest BCUT2D eigenvalue weighted by atomic mass is 16.3. The summed E-state index contributed by atoms with van der Waals surface area (Å²) in [4.78, 5) is 2.41. The number of rotatable bonds is 1. The van der Waals surface area contributed by atoms with Crippen molar-refractivity contribution in [1.82, 2.24) is 10.2 Å². The maximum absolute atomic E-state index is 9.79. The second kappa shape index (κ2) is 4.14.